The van der Waals surface area contributed by atoms with Crippen molar-refractivity contribution >= 4 is 35.4 Å². The maximum absolute atomic E-state index is 11.9. The maximum atomic E-state index is 11.9. The molecule has 0 saturated carbocycles. The molecule has 1 saturated heterocycles. The van der Waals surface area contributed by atoms with Crippen molar-refractivity contribution in [3.8, 4) is 0 Å². The van der Waals surface area contributed by atoms with Crippen LogP contribution in [-0.2, 0) is 16.0 Å². The van der Waals surface area contributed by atoms with Gasteiger partial charge in [-0.1, -0.05) is 0 Å². The number of H-pyrrole nitrogens is 1. The summed E-state index contributed by atoms with van der Waals surface area (Å²) in [6, 6.07) is -0.390. The normalized spacial score (nSPS) is 19.4. The Morgan fingerprint density at radius 3 is 3.00 bits per heavy atom. The highest BCUT2D eigenvalue weighted by Gasteiger charge is 2.23. The zero-order valence-corrected chi connectivity index (χ0v) is 11.7. The third-order valence-electron chi connectivity index (χ3n) is 2.87. The Bertz CT molecular complexity index is 521. The van der Waals surface area contributed by atoms with Gasteiger partial charge < -0.3 is 15.6 Å². The molecule has 98 valence electrons. The average molecular weight is 285 g/mol. The number of amides is 2. The summed E-state index contributed by atoms with van der Waals surface area (Å²) < 4.78 is 0.672. The van der Waals surface area contributed by atoms with Crippen molar-refractivity contribution in [1.82, 2.24) is 15.6 Å². The number of aromatic nitrogens is 1. The number of aryl methyl sites for hydroxylation is 1. The molecule has 1 aliphatic heterocycles. The number of carbonyl (C=O) groups is 2. The van der Waals surface area contributed by atoms with Gasteiger partial charge in [0.2, 0.25) is 11.8 Å². The molecule has 1 aromatic rings. The predicted octanol–water partition coefficient (Wildman–Crippen LogP) is 1.05. The summed E-state index contributed by atoms with van der Waals surface area (Å²) in [7, 11) is 0. The van der Waals surface area contributed by atoms with Crippen molar-refractivity contribution in [2.75, 3.05) is 6.54 Å². The first-order valence-corrected chi connectivity index (χ1v) is 7.04. The third kappa shape index (κ3) is 3.17. The van der Waals surface area contributed by atoms with E-state index in [9.17, 15) is 9.59 Å². The summed E-state index contributed by atoms with van der Waals surface area (Å²) in [6.45, 7) is 2.59. The number of rotatable bonds is 3. The molecule has 0 spiro atoms. The SMILES string of the molecule is Cc1[nH]c(=S)sc1CC(=O)N[C@@H]1CCCNC1=O. The molecule has 2 heterocycles. The van der Waals surface area contributed by atoms with Crippen molar-refractivity contribution in [2.45, 2.75) is 32.2 Å². The summed E-state index contributed by atoms with van der Waals surface area (Å²) in [5, 5.41) is 5.50. The molecule has 0 aromatic carbocycles. The van der Waals surface area contributed by atoms with Gasteiger partial charge in [0.25, 0.3) is 0 Å². The Labute approximate surface area is 114 Å². The highest BCUT2D eigenvalue weighted by Crippen LogP contribution is 2.15. The first kappa shape index (κ1) is 13.2. The highest BCUT2D eigenvalue weighted by atomic mass is 32.1. The molecule has 1 atom stereocenters. The first-order valence-electron chi connectivity index (χ1n) is 5.82. The van der Waals surface area contributed by atoms with Gasteiger partial charge in [-0.2, -0.15) is 0 Å². The summed E-state index contributed by atoms with van der Waals surface area (Å²) in [5.74, 6) is -0.224. The summed E-state index contributed by atoms with van der Waals surface area (Å²) in [4.78, 5) is 27.3. The standard InChI is InChI=1S/C11H15N3O2S2/c1-6-8(18-11(17)13-6)5-9(15)14-7-3-2-4-12-10(7)16/h7H,2-5H2,1H3,(H,12,16)(H,13,17)(H,14,15)/t7-/m1/s1. The fourth-order valence-corrected chi connectivity index (χ4v) is 3.20. The van der Waals surface area contributed by atoms with Gasteiger partial charge >= 0.3 is 0 Å². The van der Waals surface area contributed by atoms with Crippen LogP contribution in [0, 0.1) is 10.9 Å². The summed E-state index contributed by atoms with van der Waals surface area (Å²) >= 11 is 6.42. The Morgan fingerprint density at radius 1 is 1.61 bits per heavy atom. The van der Waals surface area contributed by atoms with Gasteiger partial charge in [-0.15, -0.1) is 11.3 Å². The minimum Gasteiger partial charge on any atom is -0.354 e. The number of thiazole rings is 1. The number of carbonyl (C=O) groups excluding carboxylic acids is 2. The van der Waals surface area contributed by atoms with Crippen LogP contribution in [0.15, 0.2) is 0 Å². The number of aromatic amines is 1. The largest absolute Gasteiger partial charge is 0.354 e. The number of hydrogen-bond acceptors (Lipinski definition) is 4. The smallest absolute Gasteiger partial charge is 0.242 e. The van der Waals surface area contributed by atoms with Crippen molar-refractivity contribution < 1.29 is 9.59 Å². The highest BCUT2D eigenvalue weighted by molar-refractivity contribution is 7.73. The molecule has 1 aliphatic rings. The Kier molecular flexibility index (Phi) is 4.13. The van der Waals surface area contributed by atoms with Gasteiger partial charge in [-0.25, -0.2) is 0 Å². The summed E-state index contributed by atoms with van der Waals surface area (Å²) in [5.41, 5.74) is 0.924. The van der Waals surface area contributed by atoms with E-state index < -0.39 is 6.04 Å². The fourth-order valence-electron chi connectivity index (χ4n) is 1.91. The monoisotopic (exact) mass is 285 g/mol. The lowest BCUT2D eigenvalue weighted by Crippen LogP contribution is -2.50. The first-order chi connectivity index (χ1) is 8.56. The molecule has 2 rings (SSSR count). The molecule has 1 fully saturated rings. The van der Waals surface area contributed by atoms with Gasteiger partial charge in [-0.05, 0) is 32.0 Å². The lowest BCUT2D eigenvalue weighted by Gasteiger charge is -2.22. The van der Waals surface area contributed by atoms with E-state index in [1.807, 2.05) is 6.92 Å². The van der Waals surface area contributed by atoms with Crippen molar-refractivity contribution in [1.29, 1.82) is 0 Å². The molecule has 0 aliphatic carbocycles. The molecule has 1 aromatic heterocycles. The van der Waals surface area contributed by atoms with E-state index >= 15 is 0 Å². The van der Waals surface area contributed by atoms with Crippen LogP contribution in [-0.4, -0.2) is 29.4 Å². The van der Waals surface area contributed by atoms with E-state index in [-0.39, 0.29) is 18.2 Å². The van der Waals surface area contributed by atoms with E-state index in [2.05, 4.69) is 15.6 Å². The third-order valence-corrected chi connectivity index (χ3v) is 4.20. The maximum Gasteiger partial charge on any atom is 0.242 e. The molecule has 3 N–H and O–H groups in total. The Balaban J connectivity index is 1.94. The fraction of sp³-hybridized carbons (Fsp3) is 0.545. The van der Waals surface area contributed by atoms with Gasteiger partial charge in [-0.3, -0.25) is 9.59 Å². The lowest BCUT2D eigenvalue weighted by molar-refractivity contribution is -0.129. The number of hydrogen-bond donors (Lipinski definition) is 3. The van der Waals surface area contributed by atoms with E-state index in [4.69, 9.17) is 12.2 Å². The van der Waals surface area contributed by atoms with Crippen LogP contribution >= 0.6 is 23.6 Å². The van der Waals surface area contributed by atoms with E-state index in [0.717, 1.165) is 17.0 Å². The number of piperidine rings is 1. The van der Waals surface area contributed by atoms with Crippen molar-refractivity contribution in [3.63, 3.8) is 0 Å². The van der Waals surface area contributed by atoms with E-state index in [1.165, 1.54) is 11.3 Å². The lowest BCUT2D eigenvalue weighted by atomic mass is 10.1. The second-order valence-electron chi connectivity index (χ2n) is 4.29. The number of nitrogens with one attached hydrogen (secondary N) is 3. The van der Waals surface area contributed by atoms with Crippen LogP contribution in [0.1, 0.15) is 23.4 Å². The van der Waals surface area contributed by atoms with Crippen LogP contribution in [0.25, 0.3) is 0 Å². The minimum absolute atomic E-state index is 0.0898. The van der Waals surface area contributed by atoms with Gasteiger partial charge in [0.05, 0.1) is 6.42 Å². The van der Waals surface area contributed by atoms with Crippen LogP contribution in [0.2, 0.25) is 0 Å². The molecular weight excluding hydrogens is 270 g/mol. The average Bonchev–Trinajstić information content (AvgIpc) is 2.61. The van der Waals surface area contributed by atoms with Crippen LogP contribution < -0.4 is 10.6 Å². The van der Waals surface area contributed by atoms with Gasteiger partial charge in [0.1, 0.15) is 6.04 Å². The molecule has 18 heavy (non-hydrogen) atoms. The van der Waals surface area contributed by atoms with Crippen LogP contribution in [0.5, 0.6) is 0 Å². The van der Waals surface area contributed by atoms with E-state index in [0.29, 0.717) is 16.9 Å². The second kappa shape index (κ2) is 5.62. The van der Waals surface area contributed by atoms with Crippen LogP contribution in [0.4, 0.5) is 0 Å². The quantitative estimate of drug-likeness (QED) is 0.727. The van der Waals surface area contributed by atoms with Crippen molar-refractivity contribution in [3.05, 3.63) is 14.5 Å². The van der Waals surface area contributed by atoms with Gasteiger partial charge in [0, 0.05) is 17.1 Å². The molecular formula is C11H15N3O2S2. The molecule has 7 heteroatoms. The molecule has 2 amide bonds. The zero-order chi connectivity index (χ0) is 13.1. The molecule has 0 bridgehead atoms. The minimum atomic E-state index is -0.390. The predicted molar refractivity (Wildman–Crippen MR) is 72.1 cm³/mol. The summed E-state index contributed by atoms with van der Waals surface area (Å²) in [6.07, 6.45) is 1.88. The van der Waals surface area contributed by atoms with Crippen LogP contribution in [0.3, 0.4) is 0 Å². The van der Waals surface area contributed by atoms with E-state index in [1.54, 1.807) is 0 Å². The Morgan fingerprint density at radius 2 is 2.39 bits per heavy atom. The molecule has 5 nitrogen and oxygen atoms in total. The zero-order valence-electron chi connectivity index (χ0n) is 10.0. The molecule has 0 unspecified atom stereocenters. The van der Waals surface area contributed by atoms with Crippen molar-refractivity contribution in [2.24, 2.45) is 0 Å². The second-order valence-corrected chi connectivity index (χ2v) is 6.06. The van der Waals surface area contributed by atoms with Gasteiger partial charge in [0.15, 0.2) is 3.95 Å². The topological polar surface area (TPSA) is 74.0 Å². The molecule has 0 radical (unpaired) electrons. The Hall–Kier alpha value is -1.21.